The lowest BCUT2D eigenvalue weighted by Gasteiger charge is -2.31. The molecule has 0 spiro atoms. The molecule has 3 N–H and O–H groups in total. The summed E-state index contributed by atoms with van der Waals surface area (Å²) in [5.41, 5.74) is 5.88. The standard InChI is InChI=1S/C15H26N6.HI/c1-2-3-7-17-14(16)20-11-13-6-4-10-21(12-13)15-18-8-5-9-19-15;/h5,8-9,13H,2-4,6-7,10-12H2,1H3,(H3,16,17,20);1H. The Bertz CT molecular complexity index is 439. The first-order valence-corrected chi connectivity index (χ1v) is 7.85. The van der Waals surface area contributed by atoms with Gasteiger partial charge in [0.25, 0.3) is 0 Å². The largest absolute Gasteiger partial charge is 0.370 e. The van der Waals surface area contributed by atoms with E-state index in [1.54, 1.807) is 12.4 Å². The zero-order valence-electron chi connectivity index (χ0n) is 13.2. The molecule has 124 valence electrons. The molecule has 0 aromatic carbocycles. The van der Waals surface area contributed by atoms with Crippen molar-refractivity contribution in [3.8, 4) is 0 Å². The number of aromatic nitrogens is 2. The minimum absolute atomic E-state index is 0. The number of nitrogens with one attached hydrogen (secondary N) is 1. The molecule has 2 heterocycles. The molecule has 0 bridgehead atoms. The summed E-state index contributed by atoms with van der Waals surface area (Å²) in [6.07, 6.45) is 8.21. The second-order valence-electron chi connectivity index (χ2n) is 5.51. The molecule has 1 aliphatic heterocycles. The zero-order chi connectivity index (χ0) is 14.9. The Labute approximate surface area is 150 Å². The van der Waals surface area contributed by atoms with Gasteiger partial charge in [-0.2, -0.15) is 0 Å². The lowest BCUT2D eigenvalue weighted by molar-refractivity contribution is 0.419. The second kappa shape index (κ2) is 10.6. The molecule has 6 nitrogen and oxygen atoms in total. The van der Waals surface area contributed by atoms with Crippen LogP contribution in [-0.2, 0) is 0 Å². The van der Waals surface area contributed by atoms with E-state index in [0.29, 0.717) is 11.9 Å². The number of unbranched alkanes of at least 4 members (excludes halogenated alkanes) is 1. The maximum absolute atomic E-state index is 5.88. The Kier molecular flexibility index (Phi) is 9.10. The summed E-state index contributed by atoms with van der Waals surface area (Å²) in [5, 5.41) is 3.16. The predicted octanol–water partition coefficient (Wildman–Crippen LogP) is 2.02. The summed E-state index contributed by atoms with van der Waals surface area (Å²) in [4.78, 5) is 15.4. The first kappa shape index (κ1) is 18.9. The number of guanidine groups is 1. The van der Waals surface area contributed by atoms with Crippen molar-refractivity contribution in [3.63, 3.8) is 0 Å². The molecule has 1 aliphatic rings. The fraction of sp³-hybridized carbons (Fsp3) is 0.667. The van der Waals surface area contributed by atoms with Crippen LogP contribution in [0.2, 0.25) is 0 Å². The summed E-state index contributed by atoms with van der Waals surface area (Å²) < 4.78 is 0. The van der Waals surface area contributed by atoms with Crippen molar-refractivity contribution in [3.05, 3.63) is 18.5 Å². The molecule has 1 unspecified atom stereocenters. The van der Waals surface area contributed by atoms with Crippen LogP contribution in [0.1, 0.15) is 32.6 Å². The Hall–Kier alpha value is -1.12. The molecular formula is C15H27IN6. The number of aliphatic imine (C=N–C) groups is 1. The van der Waals surface area contributed by atoms with Crippen molar-refractivity contribution in [2.75, 3.05) is 31.1 Å². The van der Waals surface area contributed by atoms with Crippen LogP contribution in [0.5, 0.6) is 0 Å². The molecule has 0 aliphatic carbocycles. The fourth-order valence-corrected chi connectivity index (χ4v) is 2.53. The van der Waals surface area contributed by atoms with Crippen LogP contribution in [0.15, 0.2) is 23.5 Å². The van der Waals surface area contributed by atoms with E-state index in [4.69, 9.17) is 5.73 Å². The molecule has 1 aromatic heterocycles. The number of piperidine rings is 1. The van der Waals surface area contributed by atoms with E-state index in [9.17, 15) is 0 Å². The highest BCUT2D eigenvalue weighted by molar-refractivity contribution is 14.0. The van der Waals surface area contributed by atoms with E-state index in [-0.39, 0.29) is 24.0 Å². The summed E-state index contributed by atoms with van der Waals surface area (Å²) >= 11 is 0. The number of anilines is 1. The summed E-state index contributed by atoms with van der Waals surface area (Å²) in [5.74, 6) is 1.91. The molecular weight excluding hydrogens is 391 g/mol. The monoisotopic (exact) mass is 418 g/mol. The summed E-state index contributed by atoms with van der Waals surface area (Å²) in [6.45, 7) is 5.82. The third-order valence-corrected chi connectivity index (χ3v) is 3.71. The normalized spacial score (nSPS) is 18.7. The van der Waals surface area contributed by atoms with Crippen molar-refractivity contribution in [2.24, 2.45) is 16.6 Å². The van der Waals surface area contributed by atoms with Gasteiger partial charge >= 0.3 is 0 Å². The number of nitrogens with two attached hydrogens (primary N) is 1. The SMILES string of the molecule is CCCCNC(N)=NCC1CCCN(c2ncccn2)C1.I. The quantitative estimate of drug-likeness (QED) is 0.320. The van der Waals surface area contributed by atoms with E-state index in [1.165, 1.54) is 6.42 Å². The number of halogens is 1. The molecule has 22 heavy (non-hydrogen) atoms. The summed E-state index contributed by atoms with van der Waals surface area (Å²) in [6, 6.07) is 1.85. The number of nitrogens with zero attached hydrogens (tertiary/aromatic N) is 4. The molecule has 1 saturated heterocycles. The maximum atomic E-state index is 5.88. The number of hydrogen-bond donors (Lipinski definition) is 2. The smallest absolute Gasteiger partial charge is 0.225 e. The van der Waals surface area contributed by atoms with Crippen LogP contribution >= 0.6 is 24.0 Å². The average molecular weight is 418 g/mol. The van der Waals surface area contributed by atoms with Gasteiger partial charge in [-0.1, -0.05) is 13.3 Å². The van der Waals surface area contributed by atoms with Crippen molar-refractivity contribution in [2.45, 2.75) is 32.6 Å². The van der Waals surface area contributed by atoms with E-state index >= 15 is 0 Å². The Morgan fingerprint density at radius 2 is 2.23 bits per heavy atom. The van der Waals surface area contributed by atoms with Crippen molar-refractivity contribution < 1.29 is 0 Å². The molecule has 0 radical (unpaired) electrons. The summed E-state index contributed by atoms with van der Waals surface area (Å²) in [7, 11) is 0. The minimum Gasteiger partial charge on any atom is -0.370 e. The van der Waals surface area contributed by atoms with Gasteiger partial charge in [0.2, 0.25) is 5.95 Å². The maximum Gasteiger partial charge on any atom is 0.225 e. The highest BCUT2D eigenvalue weighted by Gasteiger charge is 2.21. The lowest BCUT2D eigenvalue weighted by atomic mass is 9.98. The topological polar surface area (TPSA) is 79.4 Å². The van der Waals surface area contributed by atoms with Gasteiger partial charge < -0.3 is 16.0 Å². The molecule has 1 fully saturated rings. The van der Waals surface area contributed by atoms with E-state index < -0.39 is 0 Å². The predicted molar refractivity (Wildman–Crippen MR) is 102 cm³/mol. The van der Waals surface area contributed by atoms with Crippen LogP contribution in [0.4, 0.5) is 5.95 Å². The fourth-order valence-electron chi connectivity index (χ4n) is 2.53. The lowest BCUT2D eigenvalue weighted by Crippen LogP contribution is -2.38. The van der Waals surface area contributed by atoms with Crippen LogP contribution in [0.3, 0.4) is 0 Å². The van der Waals surface area contributed by atoms with Crippen molar-refractivity contribution in [1.82, 2.24) is 15.3 Å². The molecule has 0 saturated carbocycles. The van der Waals surface area contributed by atoms with Gasteiger partial charge in [-0.3, -0.25) is 4.99 Å². The highest BCUT2D eigenvalue weighted by atomic mass is 127. The highest BCUT2D eigenvalue weighted by Crippen LogP contribution is 2.19. The minimum atomic E-state index is 0. The zero-order valence-corrected chi connectivity index (χ0v) is 15.6. The van der Waals surface area contributed by atoms with E-state index in [1.807, 2.05) is 6.07 Å². The third-order valence-electron chi connectivity index (χ3n) is 3.71. The van der Waals surface area contributed by atoms with E-state index in [2.05, 4.69) is 32.1 Å². The van der Waals surface area contributed by atoms with E-state index in [0.717, 1.165) is 51.4 Å². The average Bonchev–Trinajstić information content (AvgIpc) is 2.54. The Morgan fingerprint density at radius 1 is 1.45 bits per heavy atom. The molecule has 1 atom stereocenters. The Balaban J connectivity index is 0.00000242. The number of rotatable bonds is 6. The molecule has 0 amide bonds. The molecule has 2 rings (SSSR count). The van der Waals surface area contributed by atoms with Crippen LogP contribution in [0.25, 0.3) is 0 Å². The van der Waals surface area contributed by atoms with Gasteiger partial charge in [-0.15, -0.1) is 24.0 Å². The third kappa shape index (κ3) is 6.33. The first-order valence-electron chi connectivity index (χ1n) is 7.85. The second-order valence-corrected chi connectivity index (χ2v) is 5.51. The first-order chi connectivity index (χ1) is 10.3. The van der Waals surface area contributed by atoms with Crippen molar-refractivity contribution >= 4 is 35.9 Å². The molecule has 7 heteroatoms. The van der Waals surface area contributed by atoms with Crippen LogP contribution in [-0.4, -0.2) is 42.1 Å². The Morgan fingerprint density at radius 3 is 2.95 bits per heavy atom. The van der Waals surface area contributed by atoms with Gasteiger partial charge in [-0.05, 0) is 31.2 Å². The van der Waals surface area contributed by atoms with Gasteiger partial charge in [0.05, 0.1) is 0 Å². The molecule has 1 aromatic rings. The van der Waals surface area contributed by atoms with Gasteiger partial charge in [0.1, 0.15) is 0 Å². The van der Waals surface area contributed by atoms with Gasteiger partial charge in [0.15, 0.2) is 5.96 Å². The number of hydrogen-bond acceptors (Lipinski definition) is 4. The van der Waals surface area contributed by atoms with Crippen molar-refractivity contribution in [1.29, 1.82) is 0 Å². The van der Waals surface area contributed by atoms with Crippen LogP contribution in [0, 0.1) is 5.92 Å². The van der Waals surface area contributed by atoms with Crippen LogP contribution < -0.4 is 16.0 Å². The van der Waals surface area contributed by atoms with Gasteiger partial charge in [0, 0.05) is 38.6 Å². The van der Waals surface area contributed by atoms with Gasteiger partial charge in [-0.25, -0.2) is 9.97 Å².